The molecule has 5 nitrogen and oxygen atoms in total. The van der Waals surface area contributed by atoms with Gasteiger partial charge >= 0.3 is 0 Å². The highest BCUT2D eigenvalue weighted by atomic mass is 35.5. The van der Waals surface area contributed by atoms with Gasteiger partial charge in [0.15, 0.2) is 5.82 Å². The molecule has 0 unspecified atom stereocenters. The number of hydrogen-bond acceptors (Lipinski definition) is 5. The zero-order valence-corrected chi connectivity index (χ0v) is 18.2. The zero-order valence-electron chi connectivity index (χ0n) is 16.7. The minimum Gasteiger partial charge on any atom is -0.508 e. The molecule has 2 heterocycles. The fraction of sp³-hybridized carbons (Fsp3) is 0.250. The van der Waals surface area contributed by atoms with Crippen LogP contribution in [0.1, 0.15) is 29.7 Å². The number of halogens is 2. The third-order valence-electron chi connectivity index (χ3n) is 5.40. The Morgan fingerprint density at radius 3 is 2.35 bits per heavy atom. The molecule has 1 saturated heterocycles. The van der Waals surface area contributed by atoms with Crippen molar-refractivity contribution in [2.45, 2.75) is 24.9 Å². The predicted molar refractivity (Wildman–Crippen MR) is 123 cm³/mol. The van der Waals surface area contributed by atoms with Gasteiger partial charge in [-0.15, -0.1) is 10.2 Å². The number of aromatic nitrogens is 2. The van der Waals surface area contributed by atoms with E-state index in [2.05, 4.69) is 26.9 Å². The van der Waals surface area contributed by atoms with Crippen LogP contribution in [0.3, 0.4) is 0 Å². The second-order valence-electron chi connectivity index (χ2n) is 7.70. The lowest BCUT2D eigenvalue weighted by Gasteiger charge is -2.38. The van der Waals surface area contributed by atoms with Crippen LogP contribution in [-0.2, 0) is 6.42 Å². The molecule has 1 aliphatic rings. The molecule has 1 fully saturated rings. The molecule has 2 N–H and O–H groups in total. The van der Waals surface area contributed by atoms with Crippen molar-refractivity contribution in [2.75, 3.05) is 18.0 Å². The number of rotatable bonds is 3. The van der Waals surface area contributed by atoms with E-state index in [1.807, 2.05) is 18.2 Å². The van der Waals surface area contributed by atoms with E-state index in [0.29, 0.717) is 48.1 Å². The van der Waals surface area contributed by atoms with Crippen LogP contribution in [0.25, 0.3) is 0 Å². The number of phenolic OH excluding ortho intramolecular Hbond substituents is 1. The lowest BCUT2D eigenvalue weighted by atomic mass is 9.85. The first-order valence-electron chi connectivity index (χ1n) is 9.96. The van der Waals surface area contributed by atoms with Crippen molar-refractivity contribution in [1.82, 2.24) is 10.2 Å². The van der Waals surface area contributed by atoms with Gasteiger partial charge in [0.1, 0.15) is 11.4 Å². The second kappa shape index (κ2) is 9.15. The van der Waals surface area contributed by atoms with Crippen LogP contribution < -0.4 is 4.90 Å². The topological polar surface area (TPSA) is 69.5 Å². The van der Waals surface area contributed by atoms with Crippen LogP contribution in [0, 0.1) is 11.8 Å². The summed E-state index contributed by atoms with van der Waals surface area (Å²) in [6.07, 6.45) is 1.66. The van der Waals surface area contributed by atoms with Crippen LogP contribution in [0.15, 0.2) is 54.6 Å². The standard InChI is InChI=1S/C24H21Cl2N3O2/c25-19-4-9-22(26)18(15-19)16-24(31)11-13-29(14-12-24)23-10-6-20(27-28-23)5-1-17-2-7-21(30)8-3-17/h2-4,6-10,15,30-31H,11-14,16H2. The molecule has 1 aliphatic heterocycles. The number of benzene rings is 2. The number of aliphatic hydroxyl groups is 1. The van der Waals surface area contributed by atoms with Crippen LogP contribution in [0.4, 0.5) is 5.82 Å². The molecule has 0 radical (unpaired) electrons. The van der Waals surface area contributed by atoms with Gasteiger partial charge in [-0.05, 0) is 78.9 Å². The molecular weight excluding hydrogens is 433 g/mol. The van der Waals surface area contributed by atoms with Crippen molar-refractivity contribution in [1.29, 1.82) is 0 Å². The SMILES string of the molecule is Oc1ccc(C#Cc2ccc(N3CCC(O)(Cc4cc(Cl)ccc4Cl)CC3)nn2)cc1. The Bertz CT molecular complexity index is 1110. The smallest absolute Gasteiger partial charge is 0.151 e. The highest BCUT2D eigenvalue weighted by Crippen LogP contribution is 2.31. The Labute approximate surface area is 191 Å². The monoisotopic (exact) mass is 453 g/mol. The molecule has 7 heteroatoms. The Balaban J connectivity index is 1.37. The van der Waals surface area contributed by atoms with Crippen molar-refractivity contribution in [3.63, 3.8) is 0 Å². The van der Waals surface area contributed by atoms with Gasteiger partial charge in [-0.1, -0.05) is 29.1 Å². The summed E-state index contributed by atoms with van der Waals surface area (Å²) in [5.74, 6) is 6.94. The van der Waals surface area contributed by atoms with E-state index in [1.54, 1.807) is 36.4 Å². The van der Waals surface area contributed by atoms with E-state index in [9.17, 15) is 10.2 Å². The summed E-state index contributed by atoms with van der Waals surface area (Å²) in [5, 5.41) is 30.1. The number of aromatic hydroxyl groups is 1. The van der Waals surface area contributed by atoms with Gasteiger partial charge in [-0.3, -0.25) is 0 Å². The fourth-order valence-corrected chi connectivity index (χ4v) is 3.98. The normalized spacial score (nSPS) is 15.3. The molecule has 4 rings (SSSR count). The third kappa shape index (κ3) is 5.48. The molecule has 1 aromatic heterocycles. The number of anilines is 1. The first kappa shape index (κ1) is 21.5. The second-order valence-corrected chi connectivity index (χ2v) is 8.54. The maximum absolute atomic E-state index is 11.0. The first-order chi connectivity index (χ1) is 14.9. The summed E-state index contributed by atoms with van der Waals surface area (Å²) in [6.45, 7) is 1.34. The van der Waals surface area contributed by atoms with E-state index >= 15 is 0 Å². The van der Waals surface area contributed by atoms with Crippen molar-refractivity contribution in [2.24, 2.45) is 0 Å². The summed E-state index contributed by atoms with van der Waals surface area (Å²) in [5.41, 5.74) is 1.40. The highest BCUT2D eigenvalue weighted by molar-refractivity contribution is 6.33. The maximum atomic E-state index is 11.0. The van der Waals surface area contributed by atoms with Gasteiger partial charge in [-0.2, -0.15) is 0 Å². The summed E-state index contributed by atoms with van der Waals surface area (Å²) >= 11 is 12.3. The average Bonchev–Trinajstić information content (AvgIpc) is 2.77. The molecule has 0 amide bonds. The Morgan fingerprint density at radius 1 is 0.935 bits per heavy atom. The summed E-state index contributed by atoms with van der Waals surface area (Å²) in [4.78, 5) is 2.11. The minimum atomic E-state index is -0.826. The lowest BCUT2D eigenvalue weighted by Crippen LogP contribution is -2.46. The number of piperidine rings is 1. The predicted octanol–water partition coefficient (Wildman–Crippen LogP) is 4.46. The van der Waals surface area contributed by atoms with Crippen molar-refractivity contribution in [3.8, 4) is 17.6 Å². The molecule has 0 spiro atoms. The van der Waals surface area contributed by atoms with Crippen LogP contribution >= 0.6 is 23.2 Å². The van der Waals surface area contributed by atoms with E-state index in [4.69, 9.17) is 23.2 Å². The summed E-state index contributed by atoms with van der Waals surface area (Å²) in [6, 6.07) is 15.7. The molecule has 3 aromatic rings. The van der Waals surface area contributed by atoms with Crippen LogP contribution in [0.2, 0.25) is 10.0 Å². The van der Waals surface area contributed by atoms with Gasteiger partial charge in [0.2, 0.25) is 0 Å². The Morgan fingerprint density at radius 2 is 1.68 bits per heavy atom. The number of phenols is 1. The fourth-order valence-electron chi connectivity index (χ4n) is 3.60. The zero-order chi connectivity index (χ0) is 21.8. The largest absolute Gasteiger partial charge is 0.508 e. The van der Waals surface area contributed by atoms with Crippen LogP contribution in [0.5, 0.6) is 5.75 Å². The molecule has 31 heavy (non-hydrogen) atoms. The molecular formula is C24H21Cl2N3O2. The molecule has 158 valence electrons. The third-order valence-corrected chi connectivity index (χ3v) is 6.00. The Kier molecular flexibility index (Phi) is 6.33. The van der Waals surface area contributed by atoms with Gasteiger partial charge < -0.3 is 15.1 Å². The lowest BCUT2D eigenvalue weighted by molar-refractivity contribution is 0.0164. The van der Waals surface area contributed by atoms with Gasteiger partial charge in [-0.25, -0.2) is 0 Å². The van der Waals surface area contributed by atoms with Crippen molar-refractivity contribution < 1.29 is 10.2 Å². The van der Waals surface area contributed by atoms with Crippen molar-refractivity contribution >= 4 is 29.0 Å². The minimum absolute atomic E-state index is 0.207. The average molecular weight is 454 g/mol. The first-order valence-corrected chi connectivity index (χ1v) is 10.7. The van der Waals surface area contributed by atoms with E-state index in [0.717, 1.165) is 16.9 Å². The van der Waals surface area contributed by atoms with E-state index in [1.165, 1.54) is 0 Å². The molecule has 0 bridgehead atoms. The number of hydrogen-bond donors (Lipinski definition) is 2. The molecule has 0 saturated carbocycles. The van der Waals surface area contributed by atoms with Crippen LogP contribution in [-0.4, -0.2) is 39.1 Å². The number of nitrogens with zero attached hydrogens (tertiary/aromatic N) is 3. The van der Waals surface area contributed by atoms with E-state index < -0.39 is 5.60 Å². The molecule has 2 aromatic carbocycles. The maximum Gasteiger partial charge on any atom is 0.151 e. The van der Waals surface area contributed by atoms with Gasteiger partial charge in [0.05, 0.1) is 5.60 Å². The molecule has 0 atom stereocenters. The molecule has 0 aliphatic carbocycles. The highest BCUT2D eigenvalue weighted by Gasteiger charge is 2.33. The Hall–Kier alpha value is -2.78. The van der Waals surface area contributed by atoms with Gasteiger partial charge in [0, 0.05) is 35.1 Å². The van der Waals surface area contributed by atoms with E-state index in [-0.39, 0.29) is 5.75 Å². The summed E-state index contributed by atoms with van der Waals surface area (Å²) in [7, 11) is 0. The quantitative estimate of drug-likeness (QED) is 0.572. The summed E-state index contributed by atoms with van der Waals surface area (Å²) < 4.78 is 0. The van der Waals surface area contributed by atoms with Gasteiger partial charge in [0.25, 0.3) is 0 Å². The van der Waals surface area contributed by atoms with Crippen molar-refractivity contribution in [3.05, 3.63) is 81.5 Å².